The Hall–Kier alpha value is -2.21. The van der Waals surface area contributed by atoms with Crippen LogP contribution in [-0.4, -0.2) is 43.3 Å². The third kappa shape index (κ3) is 3.90. The molecule has 6 heteroatoms. The van der Waals surface area contributed by atoms with E-state index in [1.54, 1.807) is 0 Å². The van der Waals surface area contributed by atoms with Gasteiger partial charge in [-0.3, -0.25) is 9.69 Å². The van der Waals surface area contributed by atoms with E-state index in [0.29, 0.717) is 31.5 Å². The van der Waals surface area contributed by atoms with Crippen LogP contribution in [0.1, 0.15) is 43.4 Å². The lowest BCUT2D eigenvalue weighted by atomic mass is 9.89. The molecule has 1 aromatic carbocycles. The first-order chi connectivity index (χ1) is 12.0. The zero-order valence-electron chi connectivity index (χ0n) is 15.1. The van der Waals surface area contributed by atoms with Gasteiger partial charge < -0.3 is 9.67 Å². The van der Waals surface area contributed by atoms with Gasteiger partial charge in [-0.1, -0.05) is 44.2 Å². The smallest absolute Gasteiger partial charge is 0.322 e. The van der Waals surface area contributed by atoms with Crippen LogP contribution in [0, 0.1) is 12.8 Å². The summed E-state index contributed by atoms with van der Waals surface area (Å²) >= 11 is 0. The Kier molecular flexibility index (Phi) is 5.18. The molecule has 134 valence electrons. The number of carboxylic acids is 1. The van der Waals surface area contributed by atoms with Crippen molar-refractivity contribution in [2.24, 2.45) is 5.92 Å². The zero-order chi connectivity index (χ0) is 18.0. The van der Waals surface area contributed by atoms with Gasteiger partial charge in [0.2, 0.25) is 0 Å². The largest absolute Gasteiger partial charge is 0.480 e. The molecule has 3 rings (SSSR count). The van der Waals surface area contributed by atoms with Gasteiger partial charge in [0.1, 0.15) is 17.7 Å². The van der Waals surface area contributed by atoms with Gasteiger partial charge in [0.25, 0.3) is 0 Å². The highest BCUT2D eigenvalue weighted by Crippen LogP contribution is 2.28. The number of nitrogens with zero attached hydrogens (tertiary/aromatic N) is 4. The summed E-state index contributed by atoms with van der Waals surface area (Å²) in [5.41, 5.74) is 1.27. The molecule has 1 N–H and O–H groups in total. The summed E-state index contributed by atoms with van der Waals surface area (Å²) in [6, 6.07) is 9.85. The van der Waals surface area contributed by atoms with Gasteiger partial charge in [-0.25, -0.2) is 0 Å². The Labute approximate surface area is 148 Å². The highest BCUT2D eigenvalue weighted by Gasteiger charge is 2.34. The monoisotopic (exact) mass is 342 g/mol. The highest BCUT2D eigenvalue weighted by atomic mass is 16.4. The number of carboxylic acid groups (broad SMARTS) is 1. The molecule has 25 heavy (non-hydrogen) atoms. The maximum absolute atomic E-state index is 11.9. The summed E-state index contributed by atoms with van der Waals surface area (Å²) in [6.07, 6.45) is 1.03. The van der Waals surface area contributed by atoms with Crippen LogP contribution in [0.15, 0.2) is 30.3 Å². The maximum Gasteiger partial charge on any atom is 0.322 e. The van der Waals surface area contributed by atoms with E-state index in [1.807, 2.05) is 34.6 Å². The Bertz CT molecular complexity index is 726. The average Bonchev–Trinajstić information content (AvgIpc) is 2.94. The molecule has 0 bridgehead atoms. The van der Waals surface area contributed by atoms with Crippen molar-refractivity contribution in [3.05, 3.63) is 47.5 Å². The lowest BCUT2D eigenvalue weighted by Crippen LogP contribution is -2.49. The van der Waals surface area contributed by atoms with Gasteiger partial charge >= 0.3 is 5.97 Å². The summed E-state index contributed by atoms with van der Waals surface area (Å²) in [5, 5.41) is 18.1. The quantitative estimate of drug-likeness (QED) is 0.874. The van der Waals surface area contributed by atoms with Crippen molar-refractivity contribution >= 4 is 5.97 Å². The second-order valence-electron chi connectivity index (χ2n) is 7.29. The number of hydrogen-bond acceptors (Lipinski definition) is 4. The van der Waals surface area contributed by atoms with Crippen molar-refractivity contribution in [2.75, 3.05) is 6.54 Å². The predicted octanol–water partition coefficient (Wildman–Crippen LogP) is 2.69. The summed E-state index contributed by atoms with van der Waals surface area (Å²) in [5.74, 6) is 1.70. The molecule has 2 heterocycles. The Balaban J connectivity index is 1.85. The number of fused-ring (bicyclic) bond motifs is 1. The van der Waals surface area contributed by atoms with Gasteiger partial charge in [-0.2, -0.15) is 0 Å². The fourth-order valence-electron chi connectivity index (χ4n) is 3.68. The average molecular weight is 342 g/mol. The second kappa shape index (κ2) is 7.35. The second-order valence-corrected chi connectivity index (χ2v) is 7.29. The minimum atomic E-state index is -0.782. The summed E-state index contributed by atoms with van der Waals surface area (Å²) < 4.78 is 1.93. The molecule has 2 atom stereocenters. The van der Waals surface area contributed by atoms with Crippen LogP contribution in [0.5, 0.6) is 0 Å². The van der Waals surface area contributed by atoms with Crippen molar-refractivity contribution in [2.45, 2.75) is 52.2 Å². The third-order valence-electron chi connectivity index (χ3n) is 4.92. The molecule has 0 saturated carbocycles. The standard InChI is InChI=1S/C19H26N4O2/c1-13(2)9-16(15-7-5-4-6-8-15)10-22-12-18-21-20-14(3)23(18)11-17(22)19(24)25/h4-8,13,16-17H,9-12H2,1-3H3,(H,24,25). The molecule has 2 unspecified atom stereocenters. The Morgan fingerprint density at radius 1 is 1.28 bits per heavy atom. The van der Waals surface area contributed by atoms with E-state index in [1.165, 1.54) is 5.56 Å². The van der Waals surface area contributed by atoms with Gasteiger partial charge in [0, 0.05) is 6.54 Å². The van der Waals surface area contributed by atoms with Crippen LogP contribution in [0.4, 0.5) is 0 Å². The maximum atomic E-state index is 11.9. The fraction of sp³-hybridized carbons (Fsp3) is 0.526. The normalized spacial score (nSPS) is 19.0. The third-order valence-corrected chi connectivity index (χ3v) is 4.92. The van der Waals surface area contributed by atoms with E-state index in [-0.39, 0.29) is 0 Å². The number of aryl methyl sites for hydroxylation is 1. The molecule has 0 saturated heterocycles. The molecule has 0 aliphatic carbocycles. The molecule has 1 aliphatic rings. The zero-order valence-corrected chi connectivity index (χ0v) is 15.1. The van der Waals surface area contributed by atoms with Crippen molar-refractivity contribution in [1.29, 1.82) is 0 Å². The number of rotatable bonds is 6. The van der Waals surface area contributed by atoms with E-state index in [9.17, 15) is 9.90 Å². The molecule has 1 aromatic heterocycles. The number of aromatic nitrogens is 3. The van der Waals surface area contributed by atoms with Crippen LogP contribution < -0.4 is 0 Å². The van der Waals surface area contributed by atoms with Gasteiger partial charge in [0.15, 0.2) is 0 Å². The minimum Gasteiger partial charge on any atom is -0.480 e. The summed E-state index contributed by atoms with van der Waals surface area (Å²) in [6.45, 7) is 7.94. The van der Waals surface area contributed by atoms with Gasteiger partial charge in [-0.05, 0) is 30.7 Å². The fourth-order valence-corrected chi connectivity index (χ4v) is 3.68. The molecular formula is C19H26N4O2. The molecule has 2 aromatic rings. The van der Waals surface area contributed by atoms with Crippen LogP contribution in [0.3, 0.4) is 0 Å². The first-order valence-electron chi connectivity index (χ1n) is 8.86. The molecular weight excluding hydrogens is 316 g/mol. The highest BCUT2D eigenvalue weighted by molar-refractivity contribution is 5.73. The molecule has 0 spiro atoms. The minimum absolute atomic E-state index is 0.304. The van der Waals surface area contributed by atoms with Crippen LogP contribution >= 0.6 is 0 Å². The molecule has 0 fully saturated rings. The van der Waals surface area contributed by atoms with Crippen LogP contribution in [0.2, 0.25) is 0 Å². The van der Waals surface area contributed by atoms with Crippen LogP contribution in [0.25, 0.3) is 0 Å². The molecule has 1 aliphatic heterocycles. The molecule has 0 radical (unpaired) electrons. The van der Waals surface area contributed by atoms with E-state index in [0.717, 1.165) is 18.1 Å². The number of aliphatic carboxylic acids is 1. The van der Waals surface area contributed by atoms with E-state index in [4.69, 9.17) is 0 Å². The van der Waals surface area contributed by atoms with Gasteiger partial charge in [0.05, 0.1) is 13.1 Å². The Morgan fingerprint density at radius 2 is 2.00 bits per heavy atom. The Morgan fingerprint density at radius 3 is 2.64 bits per heavy atom. The predicted molar refractivity (Wildman–Crippen MR) is 95.2 cm³/mol. The van der Waals surface area contributed by atoms with E-state index in [2.05, 4.69) is 36.2 Å². The van der Waals surface area contributed by atoms with Crippen LogP contribution in [-0.2, 0) is 17.9 Å². The first-order valence-corrected chi connectivity index (χ1v) is 8.86. The van der Waals surface area contributed by atoms with E-state index < -0.39 is 12.0 Å². The van der Waals surface area contributed by atoms with Crippen molar-refractivity contribution in [3.63, 3.8) is 0 Å². The number of hydrogen-bond donors (Lipinski definition) is 1. The van der Waals surface area contributed by atoms with Crippen molar-refractivity contribution in [3.8, 4) is 0 Å². The van der Waals surface area contributed by atoms with Crippen molar-refractivity contribution < 1.29 is 9.90 Å². The SMILES string of the molecule is Cc1nnc2n1CC(C(=O)O)N(CC(CC(C)C)c1ccccc1)C2. The van der Waals surface area contributed by atoms with Gasteiger partial charge in [-0.15, -0.1) is 10.2 Å². The summed E-state index contributed by atoms with van der Waals surface area (Å²) in [4.78, 5) is 13.9. The lowest BCUT2D eigenvalue weighted by Gasteiger charge is -2.36. The number of benzene rings is 1. The summed E-state index contributed by atoms with van der Waals surface area (Å²) in [7, 11) is 0. The molecule has 6 nitrogen and oxygen atoms in total. The topological polar surface area (TPSA) is 71.2 Å². The lowest BCUT2D eigenvalue weighted by molar-refractivity contribution is -0.145. The van der Waals surface area contributed by atoms with E-state index >= 15 is 0 Å². The molecule has 0 amide bonds. The number of carbonyl (C=O) groups is 1. The first kappa shape index (κ1) is 17.6. The van der Waals surface area contributed by atoms with Crippen molar-refractivity contribution in [1.82, 2.24) is 19.7 Å².